The van der Waals surface area contributed by atoms with Crippen LogP contribution in [-0.4, -0.2) is 0 Å². The van der Waals surface area contributed by atoms with Crippen LogP contribution in [0.3, 0.4) is 0 Å². The van der Waals surface area contributed by atoms with Crippen LogP contribution in [0.4, 0.5) is 0 Å². The van der Waals surface area contributed by atoms with Crippen LogP contribution >= 0.6 is 0 Å². The Balaban J connectivity index is 1.59. The van der Waals surface area contributed by atoms with Gasteiger partial charge in [-0.05, 0) is 105 Å². The molecule has 0 saturated heterocycles. The fourth-order valence-electron chi connectivity index (χ4n) is 7.50. The summed E-state index contributed by atoms with van der Waals surface area (Å²) in [6.45, 7) is 25.3. The van der Waals surface area contributed by atoms with E-state index in [0.717, 1.165) is 82.9 Å². The van der Waals surface area contributed by atoms with Crippen LogP contribution in [0.15, 0.2) is 149 Å². The molecule has 0 heteroatoms. The Hall–Kier alpha value is -6.24. The molecule has 0 amide bonds. The van der Waals surface area contributed by atoms with Crippen LogP contribution in [0.2, 0.25) is 0 Å². The van der Waals surface area contributed by atoms with Crippen molar-refractivity contribution in [2.75, 3.05) is 0 Å². The maximum Gasteiger partial charge on any atom is -0.00203 e. The Kier molecular flexibility index (Phi) is 7.93. The third kappa shape index (κ3) is 4.62. The van der Waals surface area contributed by atoms with Gasteiger partial charge in [-0.3, -0.25) is 0 Å². The maximum atomic E-state index is 4.35. The zero-order valence-electron chi connectivity index (χ0n) is 27.1. The van der Waals surface area contributed by atoms with Gasteiger partial charge in [0.25, 0.3) is 0 Å². The van der Waals surface area contributed by atoms with Crippen LogP contribution in [0, 0.1) is 0 Å². The van der Waals surface area contributed by atoms with Gasteiger partial charge in [0.05, 0.1) is 0 Å². The molecule has 7 rings (SSSR count). The number of hydrogen-bond donors (Lipinski definition) is 0. The standard InChI is InChI=1S/C48H36/c1-7-31-21-19-27-42(33(31)8-2)47-36(11-5)37(12-6)48(44-26-18-17-25-43(44)47)45-29-28-41(39-23-15-16-24-40(39)45)46-30-32-20-13-14-22-38(32)34(9-3)35(46)10-4/h7-30H,1-6H2. The van der Waals surface area contributed by atoms with Gasteiger partial charge in [0.2, 0.25) is 0 Å². The summed E-state index contributed by atoms with van der Waals surface area (Å²) in [7, 11) is 0. The monoisotopic (exact) mass is 612 g/mol. The molecule has 0 radical (unpaired) electrons. The summed E-state index contributed by atoms with van der Waals surface area (Å²) in [6, 6.07) is 38.9. The third-order valence-corrected chi connectivity index (χ3v) is 9.56. The first-order valence-electron chi connectivity index (χ1n) is 16.1. The lowest BCUT2D eigenvalue weighted by Gasteiger charge is -2.23. The Morgan fingerprint density at radius 1 is 0.312 bits per heavy atom. The SMILES string of the molecule is C=Cc1cccc(-c2c(C=C)c(C=C)c(-c3ccc(-c4cc5ccccc5c(C=C)c4C=C)c4ccccc34)c3ccccc23)c1C=C. The second kappa shape index (κ2) is 12.5. The molecule has 7 aromatic rings. The predicted molar refractivity (Wildman–Crippen MR) is 216 cm³/mol. The van der Waals surface area contributed by atoms with E-state index in [1.807, 2.05) is 36.5 Å². The molecule has 0 aliphatic rings. The van der Waals surface area contributed by atoms with Gasteiger partial charge in [-0.25, -0.2) is 0 Å². The van der Waals surface area contributed by atoms with E-state index in [9.17, 15) is 0 Å². The lowest BCUT2D eigenvalue weighted by Crippen LogP contribution is -1.99. The highest BCUT2D eigenvalue weighted by Crippen LogP contribution is 2.47. The van der Waals surface area contributed by atoms with E-state index >= 15 is 0 Å². The number of fused-ring (bicyclic) bond motifs is 3. The van der Waals surface area contributed by atoms with Crippen molar-refractivity contribution in [3.63, 3.8) is 0 Å². The summed E-state index contributed by atoms with van der Waals surface area (Å²) in [6.07, 6.45) is 11.7. The van der Waals surface area contributed by atoms with Gasteiger partial charge in [0.1, 0.15) is 0 Å². The van der Waals surface area contributed by atoms with Gasteiger partial charge in [0.15, 0.2) is 0 Å². The second-order valence-corrected chi connectivity index (χ2v) is 11.8. The van der Waals surface area contributed by atoms with Crippen LogP contribution in [0.25, 0.3) is 102 Å². The zero-order chi connectivity index (χ0) is 33.4. The van der Waals surface area contributed by atoms with E-state index in [0.29, 0.717) is 0 Å². The van der Waals surface area contributed by atoms with Gasteiger partial charge >= 0.3 is 0 Å². The minimum atomic E-state index is 1.04. The van der Waals surface area contributed by atoms with E-state index in [-0.39, 0.29) is 0 Å². The molecule has 0 aliphatic heterocycles. The molecule has 0 heterocycles. The maximum absolute atomic E-state index is 4.35. The number of hydrogen-bond acceptors (Lipinski definition) is 0. The van der Waals surface area contributed by atoms with Gasteiger partial charge < -0.3 is 0 Å². The summed E-state index contributed by atoms with van der Waals surface area (Å²) in [5.74, 6) is 0. The van der Waals surface area contributed by atoms with Crippen LogP contribution in [0.5, 0.6) is 0 Å². The highest BCUT2D eigenvalue weighted by atomic mass is 14.3. The van der Waals surface area contributed by atoms with Gasteiger partial charge in [-0.15, -0.1) is 0 Å². The third-order valence-electron chi connectivity index (χ3n) is 9.56. The van der Waals surface area contributed by atoms with Crippen molar-refractivity contribution in [2.45, 2.75) is 0 Å². The molecule has 0 aliphatic carbocycles. The summed E-state index contributed by atoms with van der Waals surface area (Å²) < 4.78 is 0. The molecule has 228 valence electrons. The van der Waals surface area contributed by atoms with E-state index in [2.05, 4.69) is 149 Å². The molecular weight excluding hydrogens is 577 g/mol. The quantitative estimate of drug-likeness (QED) is 0.152. The van der Waals surface area contributed by atoms with Crippen molar-refractivity contribution in [1.82, 2.24) is 0 Å². The first-order valence-corrected chi connectivity index (χ1v) is 16.1. The number of benzene rings is 7. The van der Waals surface area contributed by atoms with Gasteiger partial charge in [-0.1, -0.05) is 179 Å². The molecule has 0 unspecified atom stereocenters. The molecule has 0 atom stereocenters. The highest BCUT2D eigenvalue weighted by molar-refractivity contribution is 6.17. The molecule has 0 aromatic heterocycles. The molecule has 0 bridgehead atoms. The zero-order valence-corrected chi connectivity index (χ0v) is 27.1. The summed E-state index contributed by atoms with van der Waals surface area (Å²) in [5, 5.41) is 6.96. The Labute approximate surface area is 283 Å². The van der Waals surface area contributed by atoms with Crippen molar-refractivity contribution in [1.29, 1.82) is 0 Å². The molecule has 0 fully saturated rings. The predicted octanol–water partition coefficient (Wildman–Crippen LogP) is 14.0. The second-order valence-electron chi connectivity index (χ2n) is 11.8. The topological polar surface area (TPSA) is 0 Å². The van der Waals surface area contributed by atoms with Crippen LogP contribution < -0.4 is 0 Å². The van der Waals surface area contributed by atoms with Crippen LogP contribution in [0.1, 0.15) is 33.4 Å². The summed E-state index contributed by atoms with van der Waals surface area (Å²) in [4.78, 5) is 0. The van der Waals surface area contributed by atoms with Crippen molar-refractivity contribution in [3.8, 4) is 33.4 Å². The largest absolute Gasteiger partial charge is 0.0984 e. The summed E-state index contributed by atoms with van der Waals surface area (Å²) in [5.41, 5.74) is 13.1. The molecule has 7 aromatic carbocycles. The van der Waals surface area contributed by atoms with E-state index in [1.54, 1.807) is 0 Å². The molecule has 0 N–H and O–H groups in total. The average molecular weight is 613 g/mol. The highest BCUT2D eigenvalue weighted by Gasteiger charge is 2.22. The normalized spacial score (nSPS) is 11.0. The lowest BCUT2D eigenvalue weighted by molar-refractivity contribution is 1.56. The minimum Gasteiger partial charge on any atom is -0.0984 e. The molecule has 0 spiro atoms. The fourth-order valence-corrected chi connectivity index (χ4v) is 7.50. The molecule has 0 nitrogen and oxygen atoms in total. The summed E-state index contributed by atoms with van der Waals surface area (Å²) >= 11 is 0. The molecule has 0 saturated carbocycles. The minimum absolute atomic E-state index is 1.04. The lowest BCUT2D eigenvalue weighted by atomic mass is 9.80. The first kappa shape index (κ1) is 30.4. The van der Waals surface area contributed by atoms with E-state index in [1.165, 1.54) is 16.2 Å². The Bertz CT molecular complexity index is 2500. The van der Waals surface area contributed by atoms with Crippen molar-refractivity contribution in [2.24, 2.45) is 0 Å². The van der Waals surface area contributed by atoms with E-state index < -0.39 is 0 Å². The van der Waals surface area contributed by atoms with E-state index in [4.69, 9.17) is 0 Å². The Morgan fingerprint density at radius 3 is 1.40 bits per heavy atom. The first-order chi connectivity index (χ1) is 23.6. The average Bonchev–Trinajstić information content (AvgIpc) is 3.15. The molecule has 48 heavy (non-hydrogen) atoms. The Morgan fingerprint density at radius 2 is 0.812 bits per heavy atom. The van der Waals surface area contributed by atoms with Gasteiger partial charge in [0, 0.05) is 0 Å². The van der Waals surface area contributed by atoms with Crippen molar-refractivity contribution in [3.05, 3.63) is 182 Å². The van der Waals surface area contributed by atoms with Crippen molar-refractivity contribution < 1.29 is 0 Å². The number of rotatable bonds is 9. The smallest absolute Gasteiger partial charge is 0.00203 e. The molecular formula is C48H36. The van der Waals surface area contributed by atoms with Crippen molar-refractivity contribution >= 4 is 68.8 Å². The fraction of sp³-hybridized carbons (Fsp3) is 0. The van der Waals surface area contributed by atoms with Gasteiger partial charge in [-0.2, -0.15) is 0 Å². The van der Waals surface area contributed by atoms with Crippen LogP contribution in [-0.2, 0) is 0 Å².